The highest BCUT2D eigenvalue weighted by Gasteiger charge is 2.41. The van der Waals surface area contributed by atoms with Crippen LogP contribution in [-0.4, -0.2) is 34.8 Å². The van der Waals surface area contributed by atoms with Crippen molar-refractivity contribution in [3.05, 3.63) is 11.3 Å². The van der Waals surface area contributed by atoms with E-state index in [1.165, 1.54) is 0 Å². The molecule has 4 nitrogen and oxygen atoms in total. The van der Waals surface area contributed by atoms with Crippen LogP contribution in [0.5, 0.6) is 0 Å². The summed E-state index contributed by atoms with van der Waals surface area (Å²) >= 11 is 0. The minimum absolute atomic E-state index is 0.00898. The van der Waals surface area contributed by atoms with E-state index in [4.69, 9.17) is 4.74 Å². The molecule has 0 unspecified atom stereocenters. The number of nitrogens with zero attached hydrogens (tertiary/aromatic N) is 1. The average molecular weight is 183 g/mol. The molecule has 1 amide bonds. The SMILES string of the molecule is CC1=C(C)C(=O)N2CC[C@H](O)[C@@H]2O1. The van der Waals surface area contributed by atoms with Gasteiger partial charge in [-0.1, -0.05) is 0 Å². The van der Waals surface area contributed by atoms with Gasteiger partial charge in [0, 0.05) is 6.54 Å². The van der Waals surface area contributed by atoms with Crippen molar-refractivity contribution in [3.8, 4) is 0 Å². The number of rotatable bonds is 0. The van der Waals surface area contributed by atoms with Gasteiger partial charge in [-0.05, 0) is 20.3 Å². The Bertz CT molecular complexity index is 285. The first-order valence-electron chi connectivity index (χ1n) is 4.44. The highest BCUT2D eigenvalue weighted by molar-refractivity contribution is 5.94. The van der Waals surface area contributed by atoms with Gasteiger partial charge in [-0.15, -0.1) is 0 Å². The summed E-state index contributed by atoms with van der Waals surface area (Å²) in [7, 11) is 0. The van der Waals surface area contributed by atoms with Crippen LogP contribution in [0.25, 0.3) is 0 Å². The zero-order valence-corrected chi connectivity index (χ0v) is 7.78. The van der Waals surface area contributed by atoms with Crippen molar-refractivity contribution in [1.29, 1.82) is 0 Å². The van der Waals surface area contributed by atoms with Gasteiger partial charge in [0.05, 0.1) is 5.57 Å². The second kappa shape index (κ2) is 2.73. The molecule has 1 saturated heterocycles. The lowest BCUT2D eigenvalue weighted by Crippen LogP contribution is -2.45. The van der Waals surface area contributed by atoms with E-state index in [1.54, 1.807) is 18.7 Å². The van der Waals surface area contributed by atoms with Gasteiger partial charge in [0.2, 0.25) is 0 Å². The van der Waals surface area contributed by atoms with Gasteiger partial charge in [0.25, 0.3) is 5.91 Å². The zero-order chi connectivity index (χ0) is 9.59. The molecule has 0 aromatic rings. The number of aliphatic hydroxyl groups is 1. The Morgan fingerprint density at radius 3 is 2.92 bits per heavy atom. The van der Waals surface area contributed by atoms with Crippen LogP contribution in [0.15, 0.2) is 11.3 Å². The summed E-state index contributed by atoms with van der Waals surface area (Å²) in [5.74, 6) is 0.623. The lowest BCUT2D eigenvalue weighted by Gasteiger charge is -2.32. The smallest absolute Gasteiger partial charge is 0.255 e. The summed E-state index contributed by atoms with van der Waals surface area (Å²) in [6.45, 7) is 4.10. The van der Waals surface area contributed by atoms with Gasteiger partial charge < -0.3 is 14.7 Å². The number of ether oxygens (including phenoxy) is 1. The fourth-order valence-corrected chi connectivity index (χ4v) is 1.74. The zero-order valence-electron chi connectivity index (χ0n) is 7.78. The van der Waals surface area contributed by atoms with E-state index in [-0.39, 0.29) is 5.91 Å². The first-order chi connectivity index (χ1) is 6.11. The van der Waals surface area contributed by atoms with Crippen molar-refractivity contribution in [2.75, 3.05) is 6.54 Å². The molecular weight excluding hydrogens is 170 g/mol. The normalized spacial score (nSPS) is 33.5. The van der Waals surface area contributed by atoms with Gasteiger partial charge in [-0.25, -0.2) is 0 Å². The summed E-state index contributed by atoms with van der Waals surface area (Å²) in [6.07, 6.45) is -0.375. The van der Waals surface area contributed by atoms with E-state index in [0.717, 1.165) is 0 Å². The fourth-order valence-electron chi connectivity index (χ4n) is 1.74. The molecule has 0 saturated carbocycles. The second-order valence-corrected chi connectivity index (χ2v) is 3.54. The van der Waals surface area contributed by atoms with Crippen LogP contribution in [0, 0.1) is 0 Å². The Hall–Kier alpha value is -1.03. The van der Waals surface area contributed by atoms with Crippen LogP contribution in [0.3, 0.4) is 0 Å². The third-order valence-electron chi connectivity index (χ3n) is 2.71. The molecule has 0 bridgehead atoms. The molecule has 0 aliphatic carbocycles. The first-order valence-corrected chi connectivity index (χ1v) is 4.44. The highest BCUT2D eigenvalue weighted by atomic mass is 16.5. The molecule has 0 aromatic carbocycles. The van der Waals surface area contributed by atoms with Crippen molar-refractivity contribution in [3.63, 3.8) is 0 Å². The maximum absolute atomic E-state index is 11.6. The largest absolute Gasteiger partial charge is 0.472 e. The summed E-state index contributed by atoms with van der Waals surface area (Å²) in [4.78, 5) is 13.2. The molecule has 0 aromatic heterocycles. The number of carbonyl (C=O) groups excluding carboxylic acids is 1. The summed E-state index contributed by atoms with van der Waals surface area (Å²) in [5.41, 5.74) is 0.644. The van der Waals surface area contributed by atoms with Crippen molar-refractivity contribution >= 4 is 5.91 Å². The van der Waals surface area contributed by atoms with Crippen LogP contribution < -0.4 is 0 Å². The number of hydrogen-bond donors (Lipinski definition) is 1. The molecular formula is C9H13NO3. The third-order valence-corrected chi connectivity index (χ3v) is 2.71. The molecule has 2 heterocycles. The number of aliphatic hydroxyl groups excluding tert-OH is 1. The predicted molar refractivity (Wildman–Crippen MR) is 45.6 cm³/mol. The maximum Gasteiger partial charge on any atom is 0.255 e. The molecule has 72 valence electrons. The van der Waals surface area contributed by atoms with E-state index in [1.807, 2.05) is 0 Å². The molecule has 13 heavy (non-hydrogen) atoms. The highest BCUT2D eigenvalue weighted by Crippen LogP contribution is 2.28. The Kier molecular flexibility index (Phi) is 1.80. The number of carbonyl (C=O) groups is 1. The van der Waals surface area contributed by atoms with Crippen molar-refractivity contribution in [2.45, 2.75) is 32.6 Å². The Morgan fingerprint density at radius 2 is 2.23 bits per heavy atom. The monoisotopic (exact) mass is 183 g/mol. The Morgan fingerprint density at radius 1 is 1.54 bits per heavy atom. The molecule has 2 aliphatic heterocycles. The standard InChI is InChI=1S/C9H13NO3/c1-5-6(2)13-9-7(11)3-4-10(9)8(5)12/h7,9,11H,3-4H2,1-2H3/t7-,9-/m0/s1. The van der Waals surface area contributed by atoms with Crippen molar-refractivity contribution in [2.24, 2.45) is 0 Å². The van der Waals surface area contributed by atoms with Crippen LogP contribution in [0.4, 0.5) is 0 Å². The number of allylic oxidation sites excluding steroid dienone is 1. The Labute approximate surface area is 76.8 Å². The molecule has 1 N–H and O–H groups in total. The van der Waals surface area contributed by atoms with Gasteiger partial charge in [-0.2, -0.15) is 0 Å². The van der Waals surface area contributed by atoms with Crippen LogP contribution >= 0.6 is 0 Å². The molecule has 4 heteroatoms. The summed E-state index contributed by atoms with van der Waals surface area (Å²) in [6, 6.07) is 0. The van der Waals surface area contributed by atoms with E-state index >= 15 is 0 Å². The van der Waals surface area contributed by atoms with Crippen molar-refractivity contribution in [1.82, 2.24) is 4.90 Å². The molecule has 1 fully saturated rings. The predicted octanol–water partition coefficient (Wildman–Crippen LogP) is 0.230. The minimum Gasteiger partial charge on any atom is -0.472 e. The van der Waals surface area contributed by atoms with Gasteiger partial charge >= 0.3 is 0 Å². The average Bonchev–Trinajstić information content (AvgIpc) is 2.45. The van der Waals surface area contributed by atoms with E-state index in [2.05, 4.69) is 0 Å². The molecule has 2 rings (SSSR count). The lowest BCUT2D eigenvalue weighted by atomic mass is 10.2. The summed E-state index contributed by atoms with van der Waals surface area (Å²) in [5, 5.41) is 9.50. The van der Waals surface area contributed by atoms with Gasteiger partial charge in [0.15, 0.2) is 6.23 Å². The molecule has 2 atom stereocenters. The lowest BCUT2D eigenvalue weighted by molar-refractivity contribution is -0.144. The molecule has 2 aliphatic rings. The molecule has 0 spiro atoms. The third kappa shape index (κ3) is 1.13. The Balaban J connectivity index is 2.31. The van der Waals surface area contributed by atoms with Gasteiger partial charge in [0.1, 0.15) is 11.9 Å². The van der Waals surface area contributed by atoms with Crippen molar-refractivity contribution < 1.29 is 14.6 Å². The summed E-state index contributed by atoms with van der Waals surface area (Å²) < 4.78 is 5.44. The van der Waals surface area contributed by atoms with Crippen LogP contribution in [0.1, 0.15) is 20.3 Å². The fraction of sp³-hybridized carbons (Fsp3) is 0.667. The van der Waals surface area contributed by atoms with Gasteiger partial charge in [-0.3, -0.25) is 4.79 Å². The van der Waals surface area contributed by atoms with Crippen LogP contribution in [0.2, 0.25) is 0 Å². The van der Waals surface area contributed by atoms with E-state index < -0.39 is 12.3 Å². The molecule has 0 radical (unpaired) electrons. The minimum atomic E-state index is -0.535. The maximum atomic E-state index is 11.6. The number of hydrogen-bond acceptors (Lipinski definition) is 3. The first kappa shape index (κ1) is 8.56. The number of amides is 1. The van der Waals surface area contributed by atoms with E-state index in [0.29, 0.717) is 24.3 Å². The quantitative estimate of drug-likeness (QED) is 0.585. The van der Waals surface area contributed by atoms with E-state index in [9.17, 15) is 9.90 Å². The topological polar surface area (TPSA) is 49.8 Å². The number of fused-ring (bicyclic) bond motifs is 1. The second-order valence-electron chi connectivity index (χ2n) is 3.54. The van der Waals surface area contributed by atoms with Crippen LogP contribution in [-0.2, 0) is 9.53 Å².